The van der Waals surface area contributed by atoms with Crippen molar-refractivity contribution < 1.29 is 28.5 Å². The lowest BCUT2D eigenvalue weighted by Crippen LogP contribution is -2.25. The van der Waals surface area contributed by atoms with Crippen LogP contribution in [0.5, 0.6) is 23.0 Å². The van der Waals surface area contributed by atoms with Crippen molar-refractivity contribution in [1.82, 2.24) is 0 Å². The molecule has 146 valence electrons. The van der Waals surface area contributed by atoms with Gasteiger partial charge in [-0.25, -0.2) is 4.79 Å². The Morgan fingerprint density at radius 3 is 2.50 bits per heavy atom. The molecule has 2 aliphatic rings. The van der Waals surface area contributed by atoms with Gasteiger partial charge in [-0.1, -0.05) is 6.07 Å². The van der Waals surface area contributed by atoms with Crippen LogP contribution >= 0.6 is 0 Å². The highest BCUT2D eigenvalue weighted by atomic mass is 16.7. The third-order valence-electron chi connectivity index (χ3n) is 4.99. The molecule has 0 saturated carbocycles. The molecule has 1 fully saturated rings. The molecule has 2 aromatic carbocycles. The monoisotopic (exact) mass is 382 g/mol. The molecule has 0 aromatic heterocycles. The van der Waals surface area contributed by atoms with E-state index in [1.807, 2.05) is 36.4 Å². The zero-order valence-electron chi connectivity index (χ0n) is 15.9. The fraction of sp³-hybridized carbons (Fsp3) is 0.318. The molecule has 1 saturated heterocycles. The van der Waals surface area contributed by atoms with Crippen LogP contribution in [0.2, 0.25) is 0 Å². The number of cyclic esters (lactones) is 1. The Morgan fingerprint density at radius 1 is 1.00 bits per heavy atom. The molecule has 0 aliphatic carbocycles. The molecule has 1 atom stereocenters. The van der Waals surface area contributed by atoms with Crippen LogP contribution in [0.4, 0.5) is 0 Å². The lowest BCUT2D eigenvalue weighted by Gasteiger charge is -2.25. The summed E-state index contributed by atoms with van der Waals surface area (Å²) in [4.78, 5) is 12.5. The van der Waals surface area contributed by atoms with E-state index >= 15 is 0 Å². The molecule has 28 heavy (non-hydrogen) atoms. The zero-order valence-corrected chi connectivity index (χ0v) is 15.9. The maximum absolute atomic E-state index is 12.5. The summed E-state index contributed by atoms with van der Waals surface area (Å²) in [5.74, 6) is 2.62. The molecule has 6 heteroatoms. The van der Waals surface area contributed by atoms with Crippen molar-refractivity contribution in [2.24, 2.45) is 5.92 Å². The second-order valence-corrected chi connectivity index (χ2v) is 6.76. The fourth-order valence-corrected chi connectivity index (χ4v) is 3.53. The van der Waals surface area contributed by atoms with Gasteiger partial charge in [0.2, 0.25) is 6.79 Å². The van der Waals surface area contributed by atoms with Gasteiger partial charge in [0.05, 0.1) is 20.8 Å². The van der Waals surface area contributed by atoms with Crippen LogP contribution in [-0.4, -0.2) is 33.6 Å². The number of carbonyl (C=O) groups is 1. The predicted octanol–water partition coefficient (Wildman–Crippen LogP) is 3.62. The quantitative estimate of drug-likeness (QED) is 0.581. The molecule has 6 nitrogen and oxygen atoms in total. The first-order valence-electron chi connectivity index (χ1n) is 9.16. The first-order valence-corrected chi connectivity index (χ1v) is 9.16. The maximum atomic E-state index is 12.5. The molecule has 4 rings (SSSR count). The highest BCUT2D eigenvalue weighted by Crippen LogP contribution is 2.35. The van der Waals surface area contributed by atoms with Gasteiger partial charge in [-0.2, -0.15) is 0 Å². The van der Waals surface area contributed by atoms with Gasteiger partial charge >= 0.3 is 5.97 Å². The molecule has 2 aromatic rings. The third-order valence-corrected chi connectivity index (χ3v) is 4.99. The Bertz CT molecular complexity index is 895. The Balaban J connectivity index is 1.63. The maximum Gasteiger partial charge on any atom is 0.334 e. The second-order valence-electron chi connectivity index (χ2n) is 6.76. The largest absolute Gasteiger partial charge is 0.497 e. The molecule has 0 unspecified atom stereocenters. The zero-order chi connectivity index (χ0) is 19.5. The lowest BCUT2D eigenvalue weighted by molar-refractivity contribution is -0.142. The highest BCUT2D eigenvalue weighted by molar-refractivity contribution is 5.95. The second kappa shape index (κ2) is 7.84. The van der Waals surface area contributed by atoms with Gasteiger partial charge in [0, 0.05) is 11.6 Å². The summed E-state index contributed by atoms with van der Waals surface area (Å²) in [5, 5.41) is 0. The van der Waals surface area contributed by atoms with E-state index in [1.165, 1.54) is 0 Å². The van der Waals surface area contributed by atoms with Crippen LogP contribution in [-0.2, 0) is 16.0 Å². The summed E-state index contributed by atoms with van der Waals surface area (Å²) in [5.41, 5.74) is 2.58. The molecule has 0 spiro atoms. The van der Waals surface area contributed by atoms with Crippen LogP contribution in [0.25, 0.3) is 6.08 Å². The van der Waals surface area contributed by atoms with E-state index in [0.29, 0.717) is 23.7 Å². The van der Waals surface area contributed by atoms with Gasteiger partial charge in [-0.15, -0.1) is 0 Å². The average Bonchev–Trinajstić information content (AvgIpc) is 3.18. The number of hydrogen-bond donors (Lipinski definition) is 0. The van der Waals surface area contributed by atoms with Crippen LogP contribution < -0.4 is 18.9 Å². The van der Waals surface area contributed by atoms with E-state index in [0.717, 1.165) is 35.5 Å². The fourth-order valence-electron chi connectivity index (χ4n) is 3.53. The number of esters is 1. The Kier molecular flexibility index (Phi) is 5.10. The minimum atomic E-state index is -0.279. The molecule has 0 N–H and O–H groups in total. The average molecular weight is 382 g/mol. The smallest absolute Gasteiger partial charge is 0.334 e. The SMILES string of the molecule is COc1cc(C=C2C(=O)OCC[C@@H]2Cc2ccc3c(c2)OCO3)cc(OC)c1. The Morgan fingerprint density at radius 2 is 1.75 bits per heavy atom. The normalized spacial score (nSPS) is 19.4. The number of methoxy groups -OCH3 is 2. The van der Waals surface area contributed by atoms with Crippen LogP contribution in [0.15, 0.2) is 42.0 Å². The number of carbonyl (C=O) groups excluding carboxylic acids is 1. The van der Waals surface area contributed by atoms with E-state index in [-0.39, 0.29) is 18.7 Å². The van der Waals surface area contributed by atoms with Crippen LogP contribution in [0.1, 0.15) is 17.5 Å². The van der Waals surface area contributed by atoms with Crippen LogP contribution in [0, 0.1) is 5.92 Å². The molecule has 0 radical (unpaired) electrons. The molecule has 0 amide bonds. The van der Waals surface area contributed by atoms with Crippen molar-refractivity contribution in [3.63, 3.8) is 0 Å². The van der Waals surface area contributed by atoms with Gasteiger partial charge in [0.25, 0.3) is 0 Å². The number of ether oxygens (including phenoxy) is 5. The molecule has 0 bridgehead atoms. The third kappa shape index (κ3) is 3.76. The van der Waals surface area contributed by atoms with Gasteiger partial charge in [-0.3, -0.25) is 0 Å². The van der Waals surface area contributed by atoms with Gasteiger partial charge in [-0.05, 0) is 60.2 Å². The summed E-state index contributed by atoms with van der Waals surface area (Å²) in [7, 11) is 3.20. The number of benzene rings is 2. The molecular formula is C22H22O6. The summed E-state index contributed by atoms with van der Waals surface area (Å²) in [6.07, 6.45) is 3.36. The van der Waals surface area contributed by atoms with Crippen molar-refractivity contribution in [3.8, 4) is 23.0 Å². The predicted molar refractivity (Wildman–Crippen MR) is 103 cm³/mol. The number of hydrogen-bond acceptors (Lipinski definition) is 6. The molecule has 2 aliphatic heterocycles. The van der Waals surface area contributed by atoms with Crippen molar-refractivity contribution in [2.75, 3.05) is 27.6 Å². The Hall–Kier alpha value is -3.15. The Labute approximate surface area is 163 Å². The van der Waals surface area contributed by atoms with Gasteiger partial charge in [0.1, 0.15) is 11.5 Å². The summed E-state index contributed by atoms with van der Waals surface area (Å²) >= 11 is 0. The van der Waals surface area contributed by atoms with Crippen molar-refractivity contribution in [3.05, 3.63) is 53.1 Å². The highest BCUT2D eigenvalue weighted by Gasteiger charge is 2.28. The van der Waals surface area contributed by atoms with Crippen molar-refractivity contribution in [1.29, 1.82) is 0 Å². The molecular weight excluding hydrogens is 360 g/mol. The number of fused-ring (bicyclic) bond motifs is 1. The van der Waals surface area contributed by atoms with Gasteiger partial charge < -0.3 is 23.7 Å². The summed E-state index contributed by atoms with van der Waals surface area (Å²) in [6.45, 7) is 0.671. The minimum absolute atomic E-state index is 0.0545. The lowest BCUT2D eigenvalue weighted by atomic mass is 9.86. The number of rotatable bonds is 5. The van der Waals surface area contributed by atoms with Crippen molar-refractivity contribution >= 4 is 12.0 Å². The topological polar surface area (TPSA) is 63.2 Å². The van der Waals surface area contributed by atoms with E-state index in [2.05, 4.69) is 0 Å². The van der Waals surface area contributed by atoms with E-state index in [9.17, 15) is 4.79 Å². The first kappa shape index (κ1) is 18.2. The summed E-state index contributed by atoms with van der Waals surface area (Å²) in [6, 6.07) is 11.4. The van der Waals surface area contributed by atoms with E-state index < -0.39 is 0 Å². The van der Waals surface area contributed by atoms with Gasteiger partial charge in [0.15, 0.2) is 11.5 Å². The van der Waals surface area contributed by atoms with Crippen molar-refractivity contribution in [2.45, 2.75) is 12.8 Å². The van der Waals surface area contributed by atoms with E-state index in [4.69, 9.17) is 23.7 Å². The van der Waals surface area contributed by atoms with Crippen LogP contribution in [0.3, 0.4) is 0 Å². The molecule has 2 heterocycles. The first-order chi connectivity index (χ1) is 13.7. The standard InChI is InChI=1S/C22H22O6/c1-24-17-8-15(9-18(12-17)25-2)10-19-16(5-6-26-22(19)23)7-14-3-4-20-21(11-14)28-13-27-20/h3-4,8-12,16H,5-7,13H2,1-2H3/t16-/m1/s1. The summed E-state index contributed by atoms with van der Waals surface area (Å²) < 4.78 is 26.8. The minimum Gasteiger partial charge on any atom is -0.497 e. The van der Waals surface area contributed by atoms with E-state index in [1.54, 1.807) is 20.3 Å².